The van der Waals surface area contributed by atoms with Crippen molar-refractivity contribution in [2.75, 3.05) is 6.54 Å². The molecule has 0 N–H and O–H groups in total. The quantitative estimate of drug-likeness (QED) is 0.577. The van der Waals surface area contributed by atoms with Gasteiger partial charge in [-0.05, 0) is 17.5 Å². The van der Waals surface area contributed by atoms with E-state index in [-0.39, 0.29) is 5.92 Å². The SMILES string of the molecule is O=C=NCCC(c1ccccc1)c1ccccc1. The van der Waals surface area contributed by atoms with Gasteiger partial charge in [-0.25, -0.2) is 9.79 Å². The van der Waals surface area contributed by atoms with Gasteiger partial charge in [-0.15, -0.1) is 0 Å². The normalized spacial score (nSPS) is 10.1. The fraction of sp³-hybridized carbons (Fsp3) is 0.188. The highest BCUT2D eigenvalue weighted by Crippen LogP contribution is 2.27. The molecular formula is C16H15NO. The van der Waals surface area contributed by atoms with Crippen LogP contribution in [0.1, 0.15) is 23.5 Å². The average molecular weight is 237 g/mol. The van der Waals surface area contributed by atoms with Gasteiger partial charge in [0.2, 0.25) is 6.08 Å². The molecule has 0 saturated heterocycles. The number of isocyanates is 1. The van der Waals surface area contributed by atoms with Gasteiger partial charge >= 0.3 is 0 Å². The van der Waals surface area contributed by atoms with Gasteiger partial charge in [0.15, 0.2) is 0 Å². The van der Waals surface area contributed by atoms with E-state index in [1.54, 1.807) is 6.08 Å². The van der Waals surface area contributed by atoms with Gasteiger partial charge in [-0.3, -0.25) is 0 Å². The van der Waals surface area contributed by atoms with Gasteiger partial charge in [-0.1, -0.05) is 60.7 Å². The molecule has 0 spiro atoms. The van der Waals surface area contributed by atoms with Gasteiger partial charge in [-0.2, -0.15) is 0 Å². The topological polar surface area (TPSA) is 29.4 Å². The van der Waals surface area contributed by atoms with Crippen LogP contribution in [0.15, 0.2) is 65.7 Å². The molecule has 2 rings (SSSR count). The molecule has 90 valence electrons. The van der Waals surface area contributed by atoms with Crippen LogP contribution in [-0.4, -0.2) is 12.6 Å². The van der Waals surface area contributed by atoms with Crippen molar-refractivity contribution in [3.05, 3.63) is 71.8 Å². The van der Waals surface area contributed by atoms with E-state index in [1.807, 2.05) is 36.4 Å². The van der Waals surface area contributed by atoms with Crippen LogP contribution in [0.3, 0.4) is 0 Å². The van der Waals surface area contributed by atoms with Crippen LogP contribution in [0.5, 0.6) is 0 Å². The monoisotopic (exact) mass is 237 g/mol. The molecule has 0 amide bonds. The number of nitrogens with zero attached hydrogens (tertiary/aromatic N) is 1. The molecule has 0 saturated carbocycles. The number of carbonyl (C=O) groups excluding carboxylic acids is 1. The molecule has 0 aromatic heterocycles. The highest BCUT2D eigenvalue weighted by molar-refractivity contribution is 5.34. The largest absolute Gasteiger partial charge is 0.234 e. The minimum Gasteiger partial charge on any atom is -0.211 e. The van der Waals surface area contributed by atoms with E-state index in [0.717, 1.165) is 6.42 Å². The van der Waals surface area contributed by atoms with Crippen molar-refractivity contribution >= 4 is 6.08 Å². The van der Waals surface area contributed by atoms with E-state index >= 15 is 0 Å². The fourth-order valence-corrected chi connectivity index (χ4v) is 2.14. The van der Waals surface area contributed by atoms with Crippen molar-refractivity contribution in [1.82, 2.24) is 0 Å². The van der Waals surface area contributed by atoms with Gasteiger partial charge in [0.05, 0.1) is 6.54 Å². The Balaban J connectivity index is 2.26. The van der Waals surface area contributed by atoms with Crippen LogP contribution in [0, 0.1) is 0 Å². The van der Waals surface area contributed by atoms with E-state index in [0.29, 0.717) is 6.54 Å². The van der Waals surface area contributed by atoms with Gasteiger partial charge in [0, 0.05) is 5.92 Å². The summed E-state index contributed by atoms with van der Waals surface area (Å²) in [7, 11) is 0. The molecule has 0 aliphatic heterocycles. The Labute approximate surface area is 107 Å². The smallest absolute Gasteiger partial charge is 0.211 e. The van der Waals surface area contributed by atoms with E-state index in [9.17, 15) is 4.79 Å². The zero-order valence-electron chi connectivity index (χ0n) is 10.1. The molecule has 0 bridgehead atoms. The van der Waals surface area contributed by atoms with Crippen molar-refractivity contribution in [1.29, 1.82) is 0 Å². The van der Waals surface area contributed by atoms with Crippen molar-refractivity contribution in [3.63, 3.8) is 0 Å². The molecule has 2 aromatic carbocycles. The molecule has 2 nitrogen and oxygen atoms in total. The third-order valence-corrected chi connectivity index (χ3v) is 3.00. The van der Waals surface area contributed by atoms with E-state index in [2.05, 4.69) is 29.3 Å². The summed E-state index contributed by atoms with van der Waals surface area (Å²) in [5.74, 6) is 0.282. The summed E-state index contributed by atoms with van der Waals surface area (Å²) in [6.45, 7) is 0.512. The lowest BCUT2D eigenvalue weighted by Gasteiger charge is -2.16. The third-order valence-electron chi connectivity index (χ3n) is 3.00. The predicted octanol–water partition coefficient (Wildman–Crippen LogP) is 3.54. The number of rotatable bonds is 5. The predicted molar refractivity (Wildman–Crippen MR) is 72.3 cm³/mol. The third kappa shape index (κ3) is 3.16. The van der Waals surface area contributed by atoms with Crippen LogP contribution in [0.4, 0.5) is 0 Å². The first-order valence-electron chi connectivity index (χ1n) is 6.05. The van der Waals surface area contributed by atoms with Gasteiger partial charge < -0.3 is 0 Å². The van der Waals surface area contributed by atoms with Crippen LogP contribution in [0.25, 0.3) is 0 Å². The van der Waals surface area contributed by atoms with Gasteiger partial charge in [0.25, 0.3) is 0 Å². The minimum atomic E-state index is 0.282. The van der Waals surface area contributed by atoms with E-state index in [1.165, 1.54) is 11.1 Å². The highest BCUT2D eigenvalue weighted by atomic mass is 16.1. The lowest BCUT2D eigenvalue weighted by molar-refractivity contribution is 0.561. The molecule has 0 aliphatic carbocycles. The summed E-state index contributed by atoms with van der Waals surface area (Å²) < 4.78 is 0. The summed E-state index contributed by atoms with van der Waals surface area (Å²) >= 11 is 0. The Hall–Kier alpha value is -2.18. The summed E-state index contributed by atoms with van der Waals surface area (Å²) in [4.78, 5) is 13.8. The van der Waals surface area contributed by atoms with Crippen LogP contribution < -0.4 is 0 Å². The van der Waals surface area contributed by atoms with Crippen LogP contribution in [0.2, 0.25) is 0 Å². The Bertz CT molecular complexity index is 476. The van der Waals surface area contributed by atoms with Crippen molar-refractivity contribution in [2.24, 2.45) is 4.99 Å². The number of hydrogen-bond donors (Lipinski definition) is 0. The molecule has 0 atom stereocenters. The van der Waals surface area contributed by atoms with Gasteiger partial charge in [0.1, 0.15) is 0 Å². The molecule has 2 aromatic rings. The Kier molecular flexibility index (Phi) is 4.46. The van der Waals surface area contributed by atoms with E-state index < -0.39 is 0 Å². The molecule has 2 heteroatoms. The summed E-state index contributed by atoms with van der Waals surface area (Å²) in [5, 5.41) is 0. The molecule has 0 unspecified atom stereocenters. The number of hydrogen-bond acceptors (Lipinski definition) is 2. The average Bonchev–Trinajstić information content (AvgIpc) is 2.46. The standard InChI is InChI=1S/C16H15NO/c18-13-17-12-11-16(14-7-3-1-4-8-14)15-9-5-2-6-10-15/h1-10,16H,11-12H2. The zero-order valence-corrected chi connectivity index (χ0v) is 10.1. The maximum atomic E-state index is 10.2. The second-order valence-electron chi connectivity index (χ2n) is 4.14. The Morgan fingerprint density at radius 3 is 1.83 bits per heavy atom. The first-order valence-corrected chi connectivity index (χ1v) is 6.05. The summed E-state index contributed by atoms with van der Waals surface area (Å²) in [6, 6.07) is 20.6. The van der Waals surface area contributed by atoms with Crippen molar-refractivity contribution in [2.45, 2.75) is 12.3 Å². The summed E-state index contributed by atoms with van der Waals surface area (Å²) in [6.07, 6.45) is 2.42. The molecule has 0 radical (unpaired) electrons. The number of benzene rings is 2. The zero-order chi connectivity index (χ0) is 12.6. The molecule has 0 aliphatic rings. The maximum Gasteiger partial charge on any atom is 0.234 e. The maximum absolute atomic E-state index is 10.2. The van der Waals surface area contributed by atoms with Crippen LogP contribution in [-0.2, 0) is 4.79 Å². The first kappa shape index (κ1) is 12.3. The Morgan fingerprint density at radius 2 is 1.39 bits per heavy atom. The Morgan fingerprint density at radius 1 is 0.889 bits per heavy atom. The lowest BCUT2D eigenvalue weighted by atomic mass is 9.89. The lowest BCUT2D eigenvalue weighted by Crippen LogP contribution is -2.02. The molecule has 18 heavy (non-hydrogen) atoms. The molecular weight excluding hydrogens is 222 g/mol. The molecule has 0 fully saturated rings. The van der Waals surface area contributed by atoms with E-state index in [4.69, 9.17) is 0 Å². The minimum absolute atomic E-state index is 0.282. The summed E-state index contributed by atoms with van der Waals surface area (Å²) in [5.41, 5.74) is 2.51. The molecule has 0 heterocycles. The van der Waals surface area contributed by atoms with Crippen molar-refractivity contribution in [3.8, 4) is 0 Å². The first-order chi connectivity index (χ1) is 8.92. The highest BCUT2D eigenvalue weighted by Gasteiger charge is 2.12. The fourth-order valence-electron chi connectivity index (χ4n) is 2.14. The number of aliphatic imine (C=N–C) groups is 1. The van der Waals surface area contributed by atoms with Crippen molar-refractivity contribution < 1.29 is 4.79 Å². The van der Waals surface area contributed by atoms with Crippen LogP contribution >= 0.6 is 0 Å². The second-order valence-corrected chi connectivity index (χ2v) is 4.14. The second kappa shape index (κ2) is 6.53.